The molecule has 3 N–H and O–H groups in total. The van der Waals surface area contributed by atoms with Gasteiger partial charge in [-0.1, -0.05) is 55.5 Å². The molecule has 0 aliphatic carbocycles. The van der Waals surface area contributed by atoms with Crippen molar-refractivity contribution in [3.05, 3.63) is 78.4 Å². The van der Waals surface area contributed by atoms with E-state index in [2.05, 4.69) is 10.6 Å². The predicted molar refractivity (Wildman–Crippen MR) is 139 cm³/mol. The average molecular weight is 511 g/mol. The maximum Gasteiger partial charge on any atom is 0.319 e. The number of amides is 2. The summed E-state index contributed by atoms with van der Waals surface area (Å²) in [5.74, 6) is -0.878. The van der Waals surface area contributed by atoms with Crippen molar-refractivity contribution >= 4 is 34.6 Å². The van der Waals surface area contributed by atoms with Gasteiger partial charge < -0.3 is 25.0 Å². The summed E-state index contributed by atoms with van der Waals surface area (Å²) in [7, 11) is 1.42. The fourth-order valence-electron chi connectivity index (χ4n) is 3.76. The van der Waals surface area contributed by atoms with E-state index < -0.39 is 29.7 Å². The standard InChI is InChI=1S/C26H29N3O6S/c1-3-14-27-26(32)28-21-11-7-10-19(15-21)20-12-13-24(35-2)23(16-20)29(36(33)34)22(17-25(30)31)18-8-5-4-6-9-18/h4-13,15-16,22H,3,14,17H2,1-2H3,(H,30,31)(H,33,34)(H2,27,28,32)/p-1. The molecule has 0 aliphatic heterocycles. The Morgan fingerprint density at radius 3 is 2.42 bits per heavy atom. The average Bonchev–Trinajstić information content (AvgIpc) is 2.87. The highest BCUT2D eigenvalue weighted by atomic mass is 32.2. The van der Waals surface area contributed by atoms with Gasteiger partial charge in [0.25, 0.3) is 0 Å². The van der Waals surface area contributed by atoms with Gasteiger partial charge in [0.1, 0.15) is 5.75 Å². The maximum atomic E-state index is 12.5. The first-order chi connectivity index (χ1) is 17.3. The number of benzene rings is 3. The lowest BCUT2D eigenvalue weighted by Gasteiger charge is -2.35. The first-order valence-corrected chi connectivity index (χ1v) is 12.4. The summed E-state index contributed by atoms with van der Waals surface area (Å²) < 4.78 is 31.5. The Labute approximate surface area is 212 Å². The Hall–Kier alpha value is -3.89. The Morgan fingerprint density at radius 1 is 1.06 bits per heavy atom. The highest BCUT2D eigenvalue weighted by Gasteiger charge is 2.27. The van der Waals surface area contributed by atoms with Crippen LogP contribution in [0.2, 0.25) is 0 Å². The van der Waals surface area contributed by atoms with E-state index in [4.69, 9.17) is 4.74 Å². The summed E-state index contributed by atoms with van der Waals surface area (Å²) in [6.45, 7) is 2.51. The van der Waals surface area contributed by atoms with E-state index in [0.29, 0.717) is 23.4 Å². The summed E-state index contributed by atoms with van der Waals surface area (Å²) >= 11 is -2.82. The molecule has 2 amide bonds. The van der Waals surface area contributed by atoms with Crippen molar-refractivity contribution in [3.8, 4) is 16.9 Å². The fraction of sp³-hybridized carbons (Fsp3) is 0.231. The summed E-state index contributed by atoms with van der Waals surface area (Å²) in [6, 6.07) is 19.4. The van der Waals surface area contributed by atoms with Crippen molar-refractivity contribution in [3.63, 3.8) is 0 Å². The molecule has 190 valence electrons. The zero-order chi connectivity index (χ0) is 26.1. The second-order valence-electron chi connectivity index (χ2n) is 7.92. The SMILES string of the molecule is CCCNC(=O)Nc1cccc(-c2ccc(OC)c(N(C(CC(=O)O)c3ccccc3)S(=O)[O-])c2)c1. The van der Waals surface area contributed by atoms with E-state index in [1.807, 2.05) is 13.0 Å². The van der Waals surface area contributed by atoms with Gasteiger partial charge in [-0.25, -0.2) is 4.79 Å². The number of carbonyl (C=O) groups is 2. The number of carbonyl (C=O) groups excluding carboxylic acids is 1. The van der Waals surface area contributed by atoms with E-state index in [1.54, 1.807) is 66.7 Å². The van der Waals surface area contributed by atoms with E-state index >= 15 is 0 Å². The van der Waals surface area contributed by atoms with Crippen LogP contribution in [-0.2, 0) is 16.1 Å². The second kappa shape index (κ2) is 12.7. The minimum atomic E-state index is -2.82. The first kappa shape index (κ1) is 26.7. The Bertz CT molecular complexity index is 1220. The number of carboxylic acids is 1. The molecule has 0 fully saturated rings. The van der Waals surface area contributed by atoms with Crippen LogP contribution < -0.4 is 19.7 Å². The Balaban J connectivity index is 2.05. The van der Waals surface area contributed by atoms with Gasteiger partial charge in [-0.3, -0.25) is 13.3 Å². The summed E-state index contributed by atoms with van der Waals surface area (Å²) in [5.41, 5.74) is 2.66. The molecule has 0 spiro atoms. The van der Waals surface area contributed by atoms with Crippen molar-refractivity contribution in [1.82, 2.24) is 5.32 Å². The number of aliphatic carboxylic acids is 1. The number of methoxy groups -OCH3 is 1. The summed E-state index contributed by atoms with van der Waals surface area (Å²) in [5, 5.41) is 15.1. The molecule has 0 saturated carbocycles. The molecule has 2 atom stereocenters. The highest BCUT2D eigenvalue weighted by molar-refractivity contribution is 7.80. The van der Waals surface area contributed by atoms with Gasteiger partial charge in [0.05, 0.1) is 25.3 Å². The smallest absolute Gasteiger partial charge is 0.319 e. The van der Waals surface area contributed by atoms with Crippen LogP contribution in [0.1, 0.15) is 31.4 Å². The quantitative estimate of drug-likeness (QED) is 0.320. The third-order valence-electron chi connectivity index (χ3n) is 5.40. The molecule has 9 nitrogen and oxygen atoms in total. The number of hydrogen-bond donors (Lipinski definition) is 3. The molecule has 3 aromatic rings. The van der Waals surface area contributed by atoms with Crippen molar-refractivity contribution < 1.29 is 28.2 Å². The van der Waals surface area contributed by atoms with E-state index in [-0.39, 0.29) is 17.5 Å². The number of rotatable bonds is 11. The van der Waals surface area contributed by atoms with Gasteiger partial charge >= 0.3 is 12.0 Å². The van der Waals surface area contributed by atoms with Crippen molar-refractivity contribution in [1.29, 1.82) is 0 Å². The lowest BCUT2D eigenvalue weighted by Crippen LogP contribution is -2.32. The third kappa shape index (κ3) is 6.83. The molecule has 0 heterocycles. The highest BCUT2D eigenvalue weighted by Crippen LogP contribution is 2.40. The second-order valence-corrected chi connectivity index (χ2v) is 8.74. The van der Waals surface area contributed by atoms with E-state index in [9.17, 15) is 23.5 Å². The van der Waals surface area contributed by atoms with Crippen LogP contribution in [0, 0.1) is 0 Å². The minimum absolute atomic E-state index is 0.192. The monoisotopic (exact) mass is 510 g/mol. The fourth-order valence-corrected chi connectivity index (χ4v) is 4.47. The van der Waals surface area contributed by atoms with Crippen LogP contribution in [0.4, 0.5) is 16.2 Å². The molecule has 0 bridgehead atoms. The number of carboxylic acid groups (broad SMARTS) is 1. The maximum absolute atomic E-state index is 12.5. The number of urea groups is 1. The first-order valence-electron chi connectivity index (χ1n) is 11.3. The lowest BCUT2D eigenvalue weighted by atomic mass is 10.0. The number of anilines is 2. The number of ether oxygens (including phenoxy) is 1. The molecule has 0 radical (unpaired) electrons. The minimum Gasteiger partial charge on any atom is -0.755 e. The van der Waals surface area contributed by atoms with Crippen LogP contribution in [-0.4, -0.2) is 39.5 Å². The molecule has 0 aliphatic rings. The summed E-state index contributed by atoms with van der Waals surface area (Å²) in [4.78, 5) is 23.7. The normalized spacial score (nSPS) is 12.3. The Kier molecular flexibility index (Phi) is 9.43. The largest absolute Gasteiger partial charge is 0.755 e. The number of nitrogens with zero attached hydrogens (tertiary/aromatic N) is 1. The number of hydrogen-bond acceptors (Lipinski definition) is 5. The van der Waals surface area contributed by atoms with E-state index in [0.717, 1.165) is 16.3 Å². The van der Waals surface area contributed by atoms with Crippen molar-refractivity contribution in [2.24, 2.45) is 0 Å². The van der Waals surface area contributed by atoms with Gasteiger partial charge in [0.2, 0.25) is 0 Å². The topological polar surface area (TPSA) is 131 Å². The number of nitrogens with one attached hydrogen (secondary N) is 2. The predicted octanol–water partition coefficient (Wildman–Crippen LogP) is 4.71. The Morgan fingerprint density at radius 2 is 1.78 bits per heavy atom. The molecule has 0 aromatic heterocycles. The molecule has 2 unspecified atom stereocenters. The molecule has 3 aromatic carbocycles. The van der Waals surface area contributed by atoms with Crippen LogP contribution in [0.3, 0.4) is 0 Å². The van der Waals surface area contributed by atoms with Crippen LogP contribution in [0.15, 0.2) is 72.8 Å². The van der Waals surface area contributed by atoms with Crippen LogP contribution in [0.5, 0.6) is 5.75 Å². The molecule has 3 rings (SSSR count). The molecule has 36 heavy (non-hydrogen) atoms. The van der Waals surface area contributed by atoms with Crippen molar-refractivity contribution in [2.75, 3.05) is 23.3 Å². The van der Waals surface area contributed by atoms with Gasteiger partial charge in [0.15, 0.2) is 0 Å². The van der Waals surface area contributed by atoms with Gasteiger partial charge in [-0.05, 0) is 47.4 Å². The van der Waals surface area contributed by atoms with Crippen LogP contribution in [0.25, 0.3) is 11.1 Å². The lowest BCUT2D eigenvalue weighted by molar-refractivity contribution is -0.137. The molecule has 10 heteroatoms. The van der Waals surface area contributed by atoms with Crippen LogP contribution >= 0.6 is 0 Å². The van der Waals surface area contributed by atoms with Gasteiger partial charge in [-0.15, -0.1) is 0 Å². The van der Waals surface area contributed by atoms with Gasteiger partial charge in [0, 0.05) is 23.5 Å². The van der Waals surface area contributed by atoms with Gasteiger partial charge in [-0.2, -0.15) is 0 Å². The summed E-state index contributed by atoms with van der Waals surface area (Å²) in [6.07, 6.45) is 0.364. The molecule has 0 saturated heterocycles. The molecular weight excluding hydrogens is 482 g/mol. The van der Waals surface area contributed by atoms with Crippen molar-refractivity contribution in [2.45, 2.75) is 25.8 Å². The molecular formula is C26H28N3O6S-. The zero-order valence-corrected chi connectivity index (χ0v) is 20.8. The zero-order valence-electron chi connectivity index (χ0n) is 20.0. The third-order valence-corrected chi connectivity index (χ3v) is 6.17. The van der Waals surface area contributed by atoms with E-state index in [1.165, 1.54) is 7.11 Å².